The molecule has 1 aliphatic rings. The number of carbonyl (C=O) groups excluding carboxylic acids is 20. The van der Waals surface area contributed by atoms with Crippen molar-refractivity contribution in [3.8, 4) is 0 Å². The molecule has 2 rings (SSSR count). The summed E-state index contributed by atoms with van der Waals surface area (Å²) in [6.07, 6.45) is -0.820. The van der Waals surface area contributed by atoms with Gasteiger partial charge in [-0.1, -0.05) is 85.7 Å². The molecule has 1 aliphatic heterocycles. The van der Waals surface area contributed by atoms with Crippen LogP contribution in [-0.4, -0.2) is 258 Å². The van der Waals surface area contributed by atoms with Crippen LogP contribution >= 0.6 is 0 Å². The topological polar surface area (TPSA) is 642 Å². The van der Waals surface area contributed by atoms with E-state index in [0.717, 1.165) is 5.56 Å². The number of amides is 20. The van der Waals surface area contributed by atoms with Gasteiger partial charge in [-0.05, 0) is 185 Å². The van der Waals surface area contributed by atoms with E-state index >= 15 is 0 Å². The average Bonchev–Trinajstić information content (AvgIpc) is 1.64. The second kappa shape index (κ2) is 47.9. The molecule has 0 aromatic heterocycles. The summed E-state index contributed by atoms with van der Waals surface area (Å²) in [6, 6.07) is -2.80. The SMILES string of the molecule is CC[C@](C)(NC(=O)[C@H](C)NC(=O)[C@H](CO)NC(=O)C(C)(C)NC(C)=O)C(=O)N[C@@](C)(CC)C(=O)N[C@@H](CCC(N)=O)C(=O)NC(C)(C)C(=O)N[C@H](C(=O)NC(C)(C)C(=O)NCC(=O)N[C@@H](CC(C)C)C(=O)NC(C)(C)C(=O)N1CCC[C@H]1C(=O)N[C@@H](CC(C)C)C(=O)NC(C)(C)C(=O)NC(C)(C)C(=O)N[C@@H](CCC(N)=O)C(=O)NC(CO)Cc1ccccc1)C(C)C. The molecule has 0 bridgehead atoms. The highest BCUT2D eigenvalue weighted by Crippen LogP contribution is 2.25. The monoisotopic (exact) mass is 1800 g/mol. The van der Waals surface area contributed by atoms with Crippen LogP contribution < -0.4 is 102 Å². The molecule has 42 nitrogen and oxygen atoms in total. The van der Waals surface area contributed by atoms with Crippen molar-refractivity contribution in [2.24, 2.45) is 29.2 Å². The van der Waals surface area contributed by atoms with Gasteiger partial charge in [0.2, 0.25) is 118 Å². The third-order valence-corrected chi connectivity index (χ3v) is 21.4. The van der Waals surface area contributed by atoms with Crippen LogP contribution in [0.1, 0.15) is 236 Å². The molecule has 20 amide bonds. The van der Waals surface area contributed by atoms with Crippen molar-refractivity contribution in [3.63, 3.8) is 0 Å². The van der Waals surface area contributed by atoms with Crippen molar-refractivity contribution in [1.82, 2.24) is 95.3 Å². The number of benzene rings is 1. The molecule has 0 radical (unpaired) electrons. The zero-order valence-electron chi connectivity index (χ0n) is 78.1. The maximum Gasteiger partial charge on any atom is 0.248 e. The Balaban J connectivity index is 2.21. The van der Waals surface area contributed by atoms with Crippen LogP contribution in [0.4, 0.5) is 0 Å². The highest BCUT2D eigenvalue weighted by molar-refractivity contribution is 6.04. The third-order valence-electron chi connectivity index (χ3n) is 21.4. The first kappa shape index (κ1) is 112. The number of aliphatic hydroxyl groups is 2. The van der Waals surface area contributed by atoms with Gasteiger partial charge < -0.3 is 117 Å². The summed E-state index contributed by atoms with van der Waals surface area (Å²) in [5, 5.41) is 63.5. The first-order valence-corrected chi connectivity index (χ1v) is 42.7. The minimum atomic E-state index is -1.91. The lowest BCUT2D eigenvalue weighted by Crippen LogP contribution is -2.67. The number of hydrogen-bond donors (Lipinski definition) is 21. The molecule has 1 heterocycles. The molecule has 0 spiro atoms. The van der Waals surface area contributed by atoms with Gasteiger partial charge in [-0.2, -0.15) is 0 Å². The quantitative estimate of drug-likeness (QED) is 0.0300. The summed E-state index contributed by atoms with van der Waals surface area (Å²) in [4.78, 5) is 274. The Labute approximate surface area is 743 Å². The Bertz CT molecular complexity index is 4150. The molecular formula is C85H142N20O22. The zero-order chi connectivity index (χ0) is 97.8. The summed E-state index contributed by atoms with van der Waals surface area (Å²) in [7, 11) is 0. The van der Waals surface area contributed by atoms with Crippen LogP contribution in [-0.2, 0) is 102 Å². The number of primary amides is 2. The van der Waals surface area contributed by atoms with Crippen molar-refractivity contribution in [2.45, 2.75) is 335 Å². The van der Waals surface area contributed by atoms with Gasteiger partial charge in [0.05, 0.1) is 25.8 Å². The maximum absolute atomic E-state index is 14.6. The normalized spacial score (nSPS) is 16.0. The van der Waals surface area contributed by atoms with E-state index < -0.39 is 255 Å². The van der Waals surface area contributed by atoms with E-state index in [0.29, 0.717) is 6.42 Å². The summed E-state index contributed by atoms with van der Waals surface area (Å²) in [5.74, 6) is -18.0. The second-order valence-electron chi connectivity index (χ2n) is 37.2. The van der Waals surface area contributed by atoms with Gasteiger partial charge in [-0.25, -0.2) is 0 Å². The maximum atomic E-state index is 14.6. The van der Waals surface area contributed by atoms with E-state index in [-0.39, 0.29) is 69.7 Å². The van der Waals surface area contributed by atoms with Gasteiger partial charge in [0.1, 0.15) is 92.6 Å². The van der Waals surface area contributed by atoms with Gasteiger partial charge in [0, 0.05) is 26.3 Å². The molecule has 0 aliphatic carbocycles. The van der Waals surface area contributed by atoms with Gasteiger partial charge in [0.25, 0.3) is 0 Å². The molecule has 127 heavy (non-hydrogen) atoms. The summed E-state index contributed by atoms with van der Waals surface area (Å²) in [5.41, 5.74) is -2.43. The number of nitrogens with two attached hydrogens (primary N) is 2. The van der Waals surface area contributed by atoms with Gasteiger partial charge in [-0.3, -0.25) is 95.9 Å². The molecule has 1 aromatic carbocycles. The van der Waals surface area contributed by atoms with Crippen molar-refractivity contribution in [3.05, 3.63) is 35.9 Å². The minimum Gasteiger partial charge on any atom is -0.394 e. The highest BCUT2D eigenvalue weighted by atomic mass is 16.3. The standard InChI is InChI=1S/C85H142N20O22/c1-25-84(23,104-76(126)85(24,26-2)102-62(112)48(9)89-64(114)56(44-107)95-71(121)79(13,14)97-49(10)108)75(125)94-53(35-37-59(87)110)65(115)98-80(15,16)73(123)96-61(47(7)8)69(119)101-78(11,12)70(120)88-42-60(111)91-54(39-45(3)4)66(116)100-83(21,22)77(127)105-38-30-33-57(105)68(118)92-55(40-46(5)6)67(117)99-82(19,20)74(124)103-81(17,18)72(122)93-52(34-36-58(86)109)63(113)90-51(43-106)41-50-31-28-27-29-32-50/h27-29,31-32,45-48,51-57,61,106-107H,25-26,30,33-44H2,1-24H3,(H2,86,109)(H2,87,110)(H,88,120)(H,89,114)(H,90,113)(H,91,111)(H,92,118)(H,93,122)(H,94,125)(H,95,121)(H,96,123)(H,97,108)(H,98,115)(H,99,117)(H,100,116)(H,101,119)(H,102,112)(H,103,124)(H,104,126)/t48-,51?,52-,53-,54-,55-,56-,57-,61-,84-,85-/m0/s1. The van der Waals surface area contributed by atoms with E-state index in [2.05, 4.69) is 90.4 Å². The fourth-order valence-electron chi connectivity index (χ4n) is 13.0. The zero-order valence-corrected chi connectivity index (χ0v) is 78.1. The molecule has 23 N–H and O–H groups in total. The summed E-state index contributed by atoms with van der Waals surface area (Å²) in [6.45, 7) is 32.5. The first-order valence-electron chi connectivity index (χ1n) is 42.7. The van der Waals surface area contributed by atoms with Crippen molar-refractivity contribution < 1.29 is 106 Å². The smallest absolute Gasteiger partial charge is 0.248 e. The Morgan fingerprint density at radius 2 is 0.850 bits per heavy atom. The molecule has 11 atom stereocenters. The largest absolute Gasteiger partial charge is 0.394 e. The number of carbonyl (C=O) groups is 20. The lowest BCUT2D eigenvalue weighted by molar-refractivity contribution is -0.145. The number of rotatable bonds is 51. The fraction of sp³-hybridized carbons (Fsp3) is 0.694. The highest BCUT2D eigenvalue weighted by Gasteiger charge is 2.48. The van der Waals surface area contributed by atoms with Crippen LogP contribution in [0.2, 0.25) is 0 Å². The predicted octanol–water partition coefficient (Wildman–Crippen LogP) is -3.54. The van der Waals surface area contributed by atoms with E-state index in [1.165, 1.54) is 130 Å². The predicted molar refractivity (Wildman–Crippen MR) is 466 cm³/mol. The van der Waals surface area contributed by atoms with Crippen LogP contribution in [0.15, 0.2) is 30.3 Å². The molecular weight excluding hydrogens is 1650 g/mol. The van der Waals surface area contributed by atoms with Crippen molar-refractivity contribution >= 4 is 118 Å². The van der Waals surface area contributed by atoms with Crippen LogP contribution in [0.5, 0.6) is 0 Å². The van der Waals surface area contributed by atoms with E-state index in [9.17, 15) is 106 Å². The number of nitrogens with one attached hydrogen (secondary N) is 17. The Morgan fingerprint density at radius 1 is 0.425 bits per heavy atom. The number of likely N-dealkylation sites (tertiary alicyclic amines) is 1. The molecule has 714 valence electrons. The van der Waals surface area contributed by atoms with E-state index in [4.69, 9.17) is 11.5 Å². The molecule has 42 heteroatoms. The Kier molecular flexibility index (Phi) is 42.1. The molecule has 0 saturated carbocycles. The lowest BCUT2D eigenvalue weighted by atomic mass is 9.91. The Hall–Kier alpha value is -11.5. The average molecular weight is 1800 g/mol. The number of hydrogen-bond acceptors (Lipinski definition) is 22. The summed E-state index contributed by atoms with van der Waals surface area (Å²) < 4.78 is 0. The molecule has 1 unspecified atom stereocenters. The molecule has 1 fully saturated rings. The van der Waals surface area contributed by atoms with Crippen molar-refractivity contribution in [2.75, 3.05) is 26.3 Å². The van der Waals surface area contributed by atoms with Gasteiger partial charge in [0.15, 0.2) is 0 Å². The van der Waals surface area contributed by atoms with Crippen LogP contribution in [0.3, 0.4) is 0 Å². The Morgan fingerprint density at radius 3 is 1.33 bits per heavy atom. The minimum absolute atomic E-state index is 0.0268. The number of nitrogens with zero attached hydrogens (tertiary/aromatic N) is 1. The molecule has 1 saturated heterocycles. The second-order valence-corrected chi connectivity index (χ2v) is 37.2. The van der Waals surface area contributed by atoms with Gasteiger partial charge >= 0.3 is 0 Å². The van der Waals surface area contributed by atoms with Crippen LogP contribution in [0, 0.1) is 17.8 Å². The molecule has 1 aromatic rings. The van der Waals surface area contributed by atoms with Crippen LogP contribution in [0.25, 0.3) is 0 Å². The van der Waals surface area contributed by atoms with E-state index in [1.54, 1.807) is 71.9 Å². The lowest BCUT2D eigenvalue weighted by Gasteiger charge is -2.36. The van der Waals surface area contributed by atoms with Gasteiger partial charge in [-0.15, -0.1) is 0 Å². The fourth-order valence-corrected chi connectivity index (χ4v) is 13.0. The number of aliphatic hydroxyl groups excluding tert-OH is 2. The van der Waals surface area contributed by atoms with Crippen molar-refractivity contribution in [1.29, 1.82) is 0 Å². The summed E-state index contributed by atoms with van der Waals surface area (Å²) >= 11 is 0. The first-order chi connectivity index (χ1) is 58.3. The van der Waals surface area contributed by atoms with E-state index in [1.807, 2.05) is 0 Å². The third kappa shape index (κ3) is 35.0.